The second kappa shape index (κ2) is 8.11. The molecule has 1 aromatic rings. The Bertz CT molecular complexity index is 512. The van der Waals surface area contributed by atoms with Gasteiger partial charge >= 0.3 is 6.03 Å². The topological polar surface area (TPSA) is 102 Å². The van der Waals surface area contributed by atoms with E-state index in [0.29, 0.717) is 10.9 Å². The maximum absolute atomic E-state index is 11.7. The van der Waals surface area contributed by atoms with E-state index in [9.17, 15) is 9.59 Å². The van der Waals surface area contributed by atoms with Crippen molar-refractivity contribution in [3.8, 4) is 0 Å². The number of urea groups is 1. The number of nitrogens with one attached hydrogen (secondary N) is 2. The van der Waals surface area contributed by atoms with Crippen LogP contribution in [0.25, 0.3) is 0 Å². The van der Waals surface area contributed by atoms with E-state index in [2.05, 4.69) is 26.2 Å². The van der Waals surface area contributed by atoms with Gasteiger partial charge in [0.15, 0.2) is 0 Å². The molecule has 8 nitrogen and oxygen atoms in total. The molecule has 0 bridgehead atoms. The number of imide groups is 1. The monoisotopic (exact) mass is 326 g/mol. The summed E-state index contributed by atoms with van der Waals surface area (Å²) in [5.41, 5.74) is 0. The molecule has 0 aliphatic heterocycles. The summed E-state index contributed by atoms with van der Waals surface area (Å²) in [6.07, 6.45) is 4.51. The Balaban J connectivity index is 1.66. The van der Waals surface area contributed by atoms with Gasteiger partial charge in [-0.3, -0.25) is 10.1 Å². The van der Waals surface area contributed by atoms with Crippen molar-refractivity contribution < 1.29 is 9.59 Å². The minimum absolute atomic E-state index is 0.170. The van der Waals surface area contributed by atoms with Gasteiger partial charge in [-0.25, -0.2) is 9.48 Å². The maximum atomic E-state index is 11.7. The molecular weight excluding hydrogens is 304 g/mol. The fourth-order valence-corrected chi connectivity index (χ4v) is 3.26. The molecule has 0 saturated heterocycles. The van der Waals surface area contributed by atoms with Gasteiger partial charge in [0.2, 0.25) is 11.1 Å². The molecule has 0 spiro atoms. The number of rotatable bonds is 6. The van der Waals surface area contributed by atoms with Gasteiger partial charge in [-0.15, -0.1) is 5.10 Å². The summed E-state index contributed by atoms with van der Waals surface area (Å²) in [5.74, 6) is 0.238. The number of carbonyl (C=O) groups is 2. The van der Waals surface area contributed by atoms with Crippen LogP contribution in [0.2, 0.25) is 0 Å². The van der Waals surface area contributed by atoms with Crippen LogP contribution in [-0.2, 0) is 4.79 Å². The molecule has 1 saturated carbocycles. The minimum atomic E-state index is -0.395. The molecular formula is C13H22N6O2S. The number of nitrogens with zero attached hydrogens (tertiary/aromatic N) is 4. The van der Waals surface area contributed by atoms with Gasteiger partial charge in [0.1, 0.15) is 0 Å². The third kappa shape index (κ3) is 4.97. The largest absolute Gasteiger partial charge is 0.335 e. The van der Waals surface area contributed by atoms with Crippen molar-refractivity contribution in [2.24, 2.45) is 0 Å². The highest BCUT2D eigenvalue weighted by Gasteiger charge is 2.18. The summed E-state index contributed by atoms with van der Waals surface area (Å²) in [6.45, 7) is 3.97. The molecule has 1 fully saturated rings. The van der Waals surface area contributed by atoms with Crippen molar-refractivity contribution in [2.45, 2.75) is 63.2 Å². The summed E-state index contributed by atoms with van der Waals surface area (Å²) in [4.78, 5) is 23.4. The molecule has 0 unspecified atom stereocenters. The highest BCUT2D eigenvalue weighted by molar-refractivity contribution is 7.99. The summed E-state index contributed by atoms with van der Waals surface area (Å²) < 4.78 is 1.70. The Morgan fingerprint density at radius 3 is 2.77 bits per heavy atom. The molecule has 1 aliphatic carbocycles. The Morgan fingerprint density at radius 1 is 1.36 bits per heavy atom. The van der Waals surface area contributed by atoms with E-state index >= 15 is 0 Å². The average molecular weight is 326 g/mol. The lowest BCUT2D eigenvalue weighted by Gasteiger charge is -2.12. The average Bonchev–Trinajstić information content (AvgIpc) is 3.09. The fourth-order valence-electron chi connectivity index (χ4n) is 2.32. The third-order valence-electron chi connectivity index (χ3n) is 3.46. The van der Waals surface area contributed by atoms with Gasteiger partial charge < -0.3 is 5.32 Å². The standard InChI is InChI=1S/C13H22N6O2S/c1-9(2)19-13(16-17-18-19)22-8-7-11(20)15-12(21)14-10-5-3-4-6-10/h9-10H,3-8H2,1-2H3,(H2,14,15,20,21). The maximum Gasteiger partial charge on any atom is 0.321 e. The van der Waals surface area contributed by atoms with Gasteiger partial charge in [-0.2, -0.15) is 0 Å². The fraction of sp³-hybridized carbons (Fsp3) is 0.769. The molecule has 2 rings (SSSR count). The molecule has 0 atom stereocenters. The predicted octanol–water partition coefficient (Wildman–Crippen LogP) is 1.50. The molecule has 9 heteroatoms. The van der Waals surface area contributed by atoms with Gasteiger partial charge in [-0.1, -0.05) is 24.6 Å². The SMILES string of the molecule is CC(C)n1nnnc1SCCC(=O)NC(=O)NC1CCCC1. The number of hydrogen-bond donors (Lipinski definition) is 2. The Morgan fingerprint density at radius 2 is 2.09 bits per heavy atom. The number of aromatic nitrogens is 4. The first-order chi connectivity index (χ1) is 10.6. The van der Waals surface area contributed by atoms with Gasteiger partial charge in [0.05, 0.1) is 6.04 Å². The lowest BCUT2D eigenvalue weighted by molar-refractivity contribution is -0.119. The highest BCUT2D eigenvalue weighted by Crippen LogP contribution is 2.18. The van der Waals surface area contributed by atoms with Crippen LogP contribution in [0, 0.1) is 0 Å². The van der Waals surface area contributed by atoms with E-state index < -0.39 is 6.03 Å². The van der Waals surface area contributed by atoms with E-state index in [-0.39, 0.29) is 24.4 Å². The van der Waals surface area contributed by atoms with Crippen LogP contribution in [-0.4, -0.2) is 43.9 Å². The van der Waals surface area contributed by atoms with Crippen LogP contribution in [0.15, 0.2) is 5.16 Å². The molecule has 122 valence electrons. The van der Waals surface area contributed by atoms with E-state index in [1.807, 2.05) is 13.8 Å². The quantitative estimate of drug-likeness (QED) is 0.768. The van der Waals surface area contributed by atoms with E-state index in [1.165, 1.54) is 11.8 Å². The van der Waals surface area contributed by atoms with E-state index in [1.54, 1.807) is 4.68 Å². The highest BCUT2D eigenvalue weighted by atomic mass is 32.2. The number of carbonyl (C=O) groups excluding carboxylic acids is 2. The van der Waals surface area contributed by atoms with Crippen LogP contribution < -0.4 is 10.6 Å². The Kier molecular flexibility index (Phi) is 6.17. The van der Waals surface area contributed by atoms with Crippen molar-refractivity contribution in [1.82, 2.24) is 30.8 Å². The minimum Gasteiger partial charge on any atom is -0.335 e. The van der Waals surface area contributed by atoms with Crippen molar-refractivity contribution in [2.75, 3.05) is 5.75 Å². The van der Waals surface area contributed by atoms with Gasteiger partial charge in [0, 0.05) is 18.2 Å². The number of thioether (sulfide) groups is 1. The van der Waals surface area contributed by atoms with E-state index in [4.69, 9.17) is 0 Å². The Labute approximate surface area is 133 Å². The first kappa shape index (κ1) is 16.7. The predicted molar refractivity (Wildman–Crippen MR) is 82.5 cm³/mol. The Hall–Kier alpha value is -1.64. The van der Waals surface area contributed by atoms with Crippen LogP contribution in [0.5, 0.6) is 0 Å². The molecule has 2 N–H and O–H groups in total. The van der Waals surface area contributed by atoms with Crippen molar-refractivity contribution in [1.29, 1.82) is 0 Å². The van der Waals surface area contributed by atoms with Crippen molar-refractivity contribution in [3.05, 3.63) is 0 Å². The van der Waals surface area contributed by atoms with Crippen molar-refractivity contribution >= 4 is 23.7 Å². The first-order valence-electron chi connectivity index (χ1n) is 7.57. The molecule has 1 heterocycles. The summed E-state index contributed by atoms with van der Waals surface area (Å²) in [5, 5.41) is 17.3. The molecule has 3 amide bonds. The first-order valence-corrected chi connectivity index (χ1v) is 8.56. The zero-order chi connectivity index (χ0) is 15.9. The lowest BCUT2D eigenvalue weighted by atomic mass is 10.2. The zero-order valence-corrected chi connectivity index (χ0v) is 13.7. The molecule has 0 radical (unpaired) electrons. The molecule has 0 aromatic carbocycles. The normalized spacial score (nSPS) is 15.2. The third-order valence-corrected chi connectivity index (χ3v) is 4.39. The van der Waals surface area contributed by atoms with Crippen LogP contribution in [0.1, 0.15) is 52.0 Å². The number of hydrogen-bond acceptors (Lipinski definition) is 6. The van der Waals surface area contributed by atoms with Gasteiger partial charge in [-0.05, 0) is 37.1 Å². The summed E-state index contributed by atoms with van der Waals surface area (Å²) in [6, 6.07) is -0.0183. The van der Waals surface area contributed by atoms with Crippen LogP contribution >= 0.6 is 11.8 Å². The summed E-state index contributed by atoms with van der Waals surface area (Å²) >= 11 is 1.40. The second-order valence-electron chi connectivity index (χ2n) is 5.60. The van der Waals surface area contributed by atoms with E-state index in [0.717, 1.165) is 25.7 Å². The molecule has 1 aromatic heterocycles. The van der Waals surface area contributed by atoms with Crippen molar-refractivity contribution in [3.63, 3.8) is 0 Å². The number of amides is 3. The smallest absolute Gasteiger partial charge is 0.321 e. The lowest BCUT2D eigenvalue weighted by Crippen LogP contribution is -2.43. The van der Waals surface area contributed by atoms with Crippen LogP contribution in [0.3, 0.4) is 0 Å². The van der Waals surface area contributed by atoms with Gasteiger partial charge in [0.25, 0.3) is 0 Å². The number of tetrazole rings is 1. The van der Waals surface area contributed by atoms with Crippen LogP contribution in [0.4, 0.5) is 4.79 Å². The summed E-state index contributed by atoms with van der Waals surface area (Å²) in [7, 11) is 0. The molecule has 22 heavy (non-hydrogen) atoms. The second-order valence-corrected chi connectivity index (χ2v) is 6.66. The zero-order valence-electron chi connectivity index (χ0n) is 12.9. The molecule has 1 aliphatic rings.